The minimum Gasteiger partial charge on any atom is -0.314 e. The second kappa shape index (κ2) is 5.21. The molecule has 1 fully saturated rings. The van der Waals surface area contributed by atoms with E-state index in [4.69, 9.17) is 0 Å². The van der Waals surface area contributed by atoms with Crippen LogP contribution in [0.2, 0.25) is 0 Å². The van der Waals surface area contributed by atoms with E-state index in [-0.39, 0.29) is 11.3 Å². The fraction of sp³-hybridized carbons (Fsp3) is 0.588. The summed E-state index contributed by atoms with van der Waals surface area (Å²) in [6.07, 6.45) is 4.83. The maximum atomic E-state index is 12.6. The number of amides is 1. The van der Waals surface area contributed by atoms with Gasteiger partial charge < -0.3 is 10.2 Å². The topological polar surface area (TPSA) is 32.3 Å². The lowest BCUT2D eigenvalue weighted by molar-refractivity contribution is -0.122. The zero-order valence-corrected chi connectivity index (χ0v) is 12.5. The molecule has 0 saturated carbocycles. The lowest BCUT2D eigenvalue weighted by Crippen LogP contribution is -2.37. The number of rotatable bonds is 4. The van der Waals surface area contributed by atoms with Crippen LogP contribution in [0.4, 0.5) is 5.69 Å². The van der Waals surface area contributed by atoms with Crippen LogP contribution >= 0.6 is 0 Å². The Kier molecular flexibility index (Phi) is 3.55. The van der Waals surface area contributed by atoms with Crippen LogP contribution in [0.5, 0.6) is 0 Å². The van der Waals surface area contributed by atoms with Gasteiger partial charge in [0.1, 0.15) is 0 Å². The van der Waals surface area contributed by atoms with Crippen molar-refractivity contribution in [1.29, 1.82) is 0 Å². The molecule has 108 valence electrons. The number of fused-ring (bicyclic) bond motifs is 1. The number of carbonyl (C=O) groups is 1. The van der Waals surface area contributed by atoms with Crippen molar-refractivity contribution in [3.63, 3.8) is 0 Å². The average molecular weight is 272 g/mol. The first-order valence-corrected chi connectivity index (χ1v) is 7.75. The van der Waals surface area contributed by atoms with E-state index in [9.17, 15) is 4.79 Å². The van der Waals surface area contributed by atoms with Crippen LogP contribution in [-0.2, 0) is 10.2 Å². The van der Waals surface area contributed by atoms with Crippen molar-refractivity contribution in [2.24, 2.45) is 0 Å². The van der Waals surface area contributed by atoms with Crippen molar-refractivity contribution >= 4 is 11.6 Å². The molecule has 0 spiro atoms. The highest BCUT2D eigenvalue weighted by atomic mass is 16.2. The Morgan fingerprint density at radius 1 is 1.35 bits per heavy atom. The number of hydrogen-bond donors (Lipinski definition) is 1. The van der Waals surface area contributed by atoms with Crippen molar-refractivity contribution in [2.45, 2.75) is 51.0 Å². The molecule has 1 aromatic rings. The van der Waals surface area contributed by atoms with Gasteiger partial charge in [0.05, 0.1) is 5.41 Å². The predicted octanol–water partition coefficient (Wildman–Crippen LogP) is 2.84. The van der Waals surface area contributed by atoms with E-state index in [1.807, 2.05) is 30.9 Å². The van der Waals surface area contributed by atoms with Crippen LogP contribution in [0.15, 0.2) is 24.3 Å². The summed E-state index contributed by atoms with van der Waals surface area (Å²) in [6.45, 7) is 6.07. The van der Waals surface area contributed by atoms with Gasteiger partial charge in [-0.05, 0) is 57.7 Å². The van der Waals surface area contributed by atoms with Gasteiger partial charge in [-0.15, -0.1) is 0 Å². The number of benzene rings is 1. The van der Waals surface area contributed by atoms with E-state index in [0.29, 0.717) is 6.04 Å². The molecule has 3 heteroatoms. The molecule has 1 saturated heterocycles. The molecule has 1 N–H and O–H groups in total. The van der Waals surface area contributed by atoms with Crippen molar-refractivity contribution < 1.29 is 4.79 Å². The van der Waals surface area contributed by atoms with Gasteiger partial charge in [-0.2, -0.15) is 0 Å². The van der Waals surface area contributed by atoms with Crippen LogP contribution in [0.25, 0.3) is 0 Å². The van der Waals surface area contributed by atoms with Gasteiger partial charge in [0, 0.05) is 18.3 Å². The first-order chi connectivity index (χ1) is 9.60. The summed E-state index contributed by atoms with van der Waals surface area (Å²) in [5.74, 6) is 0.248. The Labute approximate surface area is 121 Å². The second-order valence-electron chi connectivity index (χ2n) is 6.53. The normalized spacial score (nSPS) is 24.2. The second-order valence-corrected chi connectivity index (χ2v) is 6.53. The summed E-state index contributed by atoms with van der Waals surface area (Å²) in [5.41, 5.74) is 1.91. The van der Waals surface area contributed by atoms with E-state index < -0.39 is 0 Å². The molecule has 1 amide bonds. The van der Waals surface area contributed by atoms with E-state index in [1.54, 1.807) is 0 Å². The lowest BCUT2D eigenvalue weighted by Gasteiger charge is -2.21. The predicted molar refractivity (Wildman–Crippen MR) is 82.1 cm³/mol. The summed E-state index contributed by atoms with van der Waals surface area (Å²) < 4.78 is 0. The number of hydrogen-bond acceptors (Lipinski definition) is 2. The first kappa shape index (κ1) is 13.6. The molecule has 0 aromatic heterocycles. The van der Waals surface area contributed by atoms with Crippen molar-refractivity contribution in [2.75, 3.05) is 18.0 Å². The van der Waals surface area contributed by atoms with Crippen molar-refractivity contribution in [3.8, 4) is 0 Å². The summed E-state index contributed by atoms with van der Waals surface area (Å²) >= 11 is 0. The van der Waals surface area contributed by atoms with Gasteiger partial charge in [-0.25, -0.2) is 0 Å². The highest BCUT2D eigenvalue weighted by Gasteiger charge is 2.43. The third-order valence-electron chi connectivity index (χ3n) is 4.74. The van der Waals surface area contributed by atoms with Crippen LogP contribution in [0.3, 0.4) is 0 Å². The summed E-state index contributed by atoms with van der Waals surface area (Å²) in [5, 5.41) is 3.53. The van der Waals surface area contributed by atoms with Gasteiger partial charge in [0.25, 0.3) is 0 Å². The van der Waals surface area contributed by atoms with Gasteiger partial charge in [-0.3, -0.25) is 4.79 Å². The maximum absolute atomic E-state index is 12.6. The molecular formula is C17H24N2O. The Morgan fingerprint density at radius 2 is 2.15 bits per heavy atom. The van der Waals surface area contributed by atoms with Crippen molar-refractivity contribution in [1.82, 2.24) is 5.32 Å². The first-order valence-electron chi connectivity index (χ1n) is 7.75. The third-order valence-corrected chi connectivity index (χ3v) is 4.74. The fourth-order valence-electron chi connectivity index (χ4n) is 3.52. The number of carbonyl (C=O) groups excluding carboxylic acids is 1. The highest BCUT2D eigenvalue weighted by molar-refractivity contribution is 6.07. The molecule has 2 heterocycles. The molecule has 0 radical (unpaired) electrons. The Bertz CT molecular complexity index is 503. The number of para-hydroxylation sites is 1. The van der Waals surface area contributed by atoms with Gasteiger partial charge in [-0.1, -0.05) is 18.2 Å². The number of nitrogens with zero attached hydrogens (tertiary/aromatic N) is 1. The van der Waals surface area contributed by atoms with Crippen molar-refractivity contribution in [3.05, 3.63) is 29.8 Å². The molecule has 1 atom stereocenters. The van der Waals surface area contributed by atoms with E-state index in [2.05, 4.69) is 17.4 Å². The molecule has 2 aliphatic rings. The molecular weight excluding hydrogens is 248 g/mol. The zero-order chi connectivity index (χ0) is 14.2. The number of anilines is 1. The largest absolute Gasteiger partial charge is 0.314 e. The molecule has 0 aliphatic carbocycles. The fourth-order valence-corrected chi connectivity index (χ4v) is 3.52. The third kappa shape index (κ3) is 2.24. The smallest absolute Gasteiger partial charge is 0.237 e. The van der Waals surface area contributed by atoms with E-state index in [0.717, 1.165) is 25.2 Å². The molecule has 3 rings (SSSR count). The minimum absolute atomic E-state index is 0.248. The molecule has 1 aromatic carbocycles. The average Bonchev–Trinajstić information content (AvgIpc) is 3.01. The van der Waals surface area contributed by atoms with Gasteiger partial charge >= 0.3 is 0 Å². The Balaban J connectivity index is 1.68. The van der Waals surface area contributed by atoms with Crippen LogP contribution in [0.1, 0.15) is 45.1 Å². The molecule has 0 bridgehead atoms. The monoisotopic (exact) mass is 272 g/mol. The highest BCUT2D eigenvalue weighted by Crippen LogP contribution is 2.41. The van der Waals surface area contributed by atoms with Crippen LogP contribution in [0, 0.1) is 0 Å². The van der Waals surface area contributed by atoms with Crippen LogP contribution in [-0.4, -0.2) is 25.0 Å². The summed E-state index contributed by atoms with van der Waals surface area (Å²) in [6, 6.07) is 8.89. The Hall–Kier alpha value is -1.35. The molecule has 1 unspecified atom stereocenters. The molecule has 20 heavy (non-hydrogen) atoms. The Morgan fingerprint density at radius 3 is 2.90 bits per heavy atom. The minimum atomic E-state index is -0.373. The van der Waals surface area contributed by atoms with Crippen LogP contribution < -0.4 is 10.2 Å². The summed E-state index contributed by atoms with van der Waals surface area (Å²) in [4.78, 5) is 14.6. The molecule has 3 nitrogen and oxygen atoms in total. The van der Waals surface area contributed by atoms with Gasteiger partial charge in [0.15, 0.2) is 0 Å². The van der Waals surface area contributed by atoms with E-state index >= 15 is 0 Å². The zero-order valence-electron chi connectivity index (χ0n) is 12.5. The van der Waals surface area contributed by atoms with Gasteiger partial charge in [0.2, 0.25) is 5.91 Å². The standard InChI is InChI=1S/C17H24N2O/c1-17(2)14-9-3-4-10-15(14)19(16(17)20)12-6-8-13-7-5-11-18-13/h3-4,9-10,13,18H,5-8,11-12H2,1-2H3. The maximum Gasteiger partial charge on any atom is 0.237 e. The van der Waals surface area contributed by atoms with E-state index in [1.165, 1.54) is 24.8 Å². The SMILES string of the molecule is CC1(C)C(=O)N(CCCC2CCCN2)c2ccccc21. The summed E-state index contributed by atoms with van der Waals surface area (Å²) in [7, 11) is 0. The number of nitrogens with one attached hydrogen (secondary N) is 1. The molecule has 2 aliphatic heterocycles. The quantitative estimate of drug-likeness (QED) is 0.914. The lowest BCUT2D eigenvalue weighted by atomic mass is 9.86.